The molecule has 0 spiro atoms. The predicted molar refractivity (Wildman–Crippen MR) is 50.4 cm³/mol. The third-order valence-corrected chi connectivity index (χ3v) is 1.70. The Kier molecular flexibility index (Phi) is 3.15. The fourth-order valence-electron chi connectivity index (χ4n) is 1.20. The Hall–Kier alpha value is -0.980. The van der Waals surface area contributed by atoms with Gasteiger partial charge < -0.3 is 4.74 Å². The van der Waals surface area contributed by atoms with Crippen LogP contribution < -0.4 is 4.74 Å². The molecule has 1 aromatic carbocycles. The third kappa shape index (κ3) is 2.57. The van der Waals surface area contributed by atoms with Gasteiger partial charge in [0.15, 0.2) is 0 Å². The molecule has 1 rings (SSSR count). The Morgan fingerprint density at radius 3 is 2.75 bits per heavy atom. The highest BCUT2D eigenvalue weighted by atomic mass is 16.5. The Bertz CT molecular complexity index is 241. The van der Waals surface area contributed by atoms with E-state index in [0.29, 0.717) is 5.92 Å². The molecule has 0 unspecified atom stereocenters. The molecule has 1 aromatic rings. The van der Waals surface area contributed by atoms with Crippen LogP contribution in [0.4, 0.5) is 0 Å². The van der Waals surface area contributed by atoms with Gasteiger partial charge in [0.2, 0.25) is 0 Å². The van der Waals surface area contributed by atoms with Crippen molar-refractivity contribution in [3.05, 3.63) is 29.8 Å². The summed E-state index contributed by atoms with van der Waals surface area (Å²) in [5.41, 5.74) is 1.30. The lowest BCUT2D eigenvalue weighted by atomic mass is 10.0. The molecular formula is C11H15O. The van der Waals surface area contributed by atoms with E-state index in [0.717, 1.165) is 12.2 Å². The van der Waals surface area contributed by atoms with Gasteiger partial charge in [-0.15, -0.1) is 0 Å². The second-order valence-electron chi connectivity index (χ2n) is 3.38. The van der Waals surface area contributed by atoms with Crippen LogP contribution in [0.2, 0.25) is 0 Å². The summed E-state index contributed by atoms with van der Waals surface area (Å²) in [7, 11) is 1.68. The molecule has 1 heteroatoms. The van der Waals surface area contributed by atoms with Crippen LogP contribution >= 0.6 is 0 Å². The zero-order valence-electron chi connectivity index (χ0n) is 7.92. The zero-order chi connectivity index (χ0) is 8.97. The third-order valence-electron chi connectivity index (χ3n) is 1.70. The highest BCUT2D eigenvalue weighted by Crippen LogP contribution is 2.14. The fraction of sp³-hybridized carbons (Fsp3) is 0.455. The van der Waals surface area contributed by atoms with E-state index in [-0.39, 0.29) is 0 Å². The summed E-state index contributed by atoms with van der Waals surface area (Å²) in [6.07, 6.45) is 1.09. The Morgan fingerprint density at radius 2 is 2.17 bits per heavy atom. The minimum absolute atomic E-state index is 0.686. The highest BCUT2D eigenvalue weighted by molar-refractivity contribution is 5.27. The molecule has 0 heterocycles. The van der Waals surface area contributed by atoms with E-state index in [1.54, 1.807) is 7.11 Å². The zero-order valence-corrected chi connectivity index (χ0v) is 7.92. The first-order valence-corrected chi connectivity index (χ1v) is 4.26. The molecule has 0 saturated carbocycles. The van der Waals surface area contributed by atoms with Gasteiger partial charge in [0.05, 0.1) is 7.11 Å². The molecular weight excluding hydrogens is 148 g/mol. The summed E-state index contributed by atoms with van der Waals surface area (Å²) in [6.45, 7) is 4.42. The molecule has 0 atom stereocenters. The lowest BCUT2D eigenvalue weighted by Gasteiger charge is -2.05. The molecule has 1 nitrogen and oxygen atoms in total. The van der Waals surface area contributed by atoms with E-state index in [1.807, 2.05) is 12.1 Å². The molecule has 12 heavy (non-hydrogen) atoms. The normalized spacial score (nSPS) is 10.3. The summed E-state index contributed by atoms with van der Waals surface area (Å²) in [5, 5.41) is 0. The van der Waals surface area contributed by atoms with E-state index in [2.05, 4.69) is 26.0 Å². The number of hydrogen-bond donors (Lipinski definition) is 0. The minimum Gasteiger partial charge on any atom is -0.497 e. The van der Waals surface area contributed by atoms with Gasteiger partial charge >= 0.3 is 0 Å². The van der Waals surface area contributed by atoms with Crippen molar-refractivity contribution in [1.29, 1.82) is 0 Å². The first-order chi connectivity index (χ1) is 5.72. The Labute approximate surface area is 74.4 Å². The van der Waals surface area contributed by atoms with Crippen molar-refractivity contribution in [1.82, 2.24) is 0 Å². The molecule has 0 bridgehead atoms. The predicted octanol–water partition coefficient (Wildman–Crippen LogP) is 2.69. The number of hydrogen-bond acceptors (Lipinski definition) is 1. The van der Waals surface area contributed by atoms with Gasteiger partial charge in [0.1, 0.15) is 5.75 Å². The van der Waals surface area contributed by atoms with E-state index in [9.17, 15) is 0 Å². The van der Waals surface area contributed by atoms with Crippen molar-refractivity contribution in [2.24, 2.45) is 5.92 Å². The standard InChI is InChI=1S/C11H15O/c1-9(2)7-10-5-4-6-11(8-10)12-3/h5-6,8-9H,7H2,1-3H3. The van der Waals surface area contributed by atoms with Gasteiger partial charge in [0, 0.05) is 0 Å². The number of ether oxygens (including phenoxy) is 1. The van der Waals surface area contributed by atoms with Crippen molar-refractivity contribution >= 4 is 0 Å². The summed E-state index contributed by atoms with van der Waals surface area (Å²) >= 11 is 0. The van der Waals surface area contributed by atoms with Crippen molar-refractivity contribution < 1.29 is 4.74 Å². The highest BCUT2D eigenvalue weighted by Gasteiger charge is 1.98. The molecule has 0 fully saturated rings. The largest absolute Gasteiger partial charge is 0.497 e. The van der Waals surface area contributed by atoms with Crippen LogP contribution in [-0.4, -0.2) is 7.11 Å². The number of rotatable bonds is 3. The Balaban J connectivity index is 2.72. The lowest BCUT2D eigenvalue weighted by molar-refractivity contribution is 0.414. The van der Waals surface area contributed by atoms with Crippen LogP contribution in [-0.2, 0) is 6.42 Å². The fourth-order valence-corrected chi connectivity index (χ4v) is 1.20. The van der Waals surface area contributed by atoms with Crippen molar-refractivity contribution in [3.63, 3.8) is 0 Å². The number of methoxy groups -OCH3 is 1. The smallest absolute Gasteiger partial charge is 0.119 e. The van der Waals surface area contributed by atoms with Crippen LogP contribution in [0.1, 0.15) is 19.4 Å². The molecule has 0 N–H and O–H groups in total. The molecule has 0 aliphatic rings. The average Bonchev–Trinajstić information content (AvgIpc) is 2.03. The van der Waals surface area contributed by atoms with Crippen molar-refractivity contribution in [2.75, 3.05) is 7.11 Å². The Morgan fingerprint density at radius 1 is 1.42 bits per heavy atom. The topological polar surface area (TPSA) is 9.23 Å². The maximum Gasteiger partial charge on any atom is 0.119 e. The molecule has 65 valence electrons. The minimum atomic E-state index is 0.686. The van der Waals surface area contributed by atoms with Crippen LogP contribution in [0.25, 0.3) is 0 Å². The first-order valence-electron chi connectivity index (χ1n) is 4.26. The van der Waals surface area contributed by atoms with Crippen molar-refractivity contribution in [3.8, 4) is 5.75 Å². The second-order valence-corrected chi connectivity index (χ2v) is 3.38. The van der Waals surface area contributed by atoms with Crippen LogP contribution in [0, 0.1) is 12.0 Å². The maximum atomic E-state index is 5.11. The van der Waals surface area contributed by atoms with E-state index in [4.69, 9.17) is 4.74 Å². The molecule has 0 amide bonds. The monoisotopic (exact) mass is 163 g/mol. The first kappa shape index (κ1) is 9.11. The van der Waals surface area contributed by atoms with Crippen LogP contribution in [0.3, 0.4) is 0 Å². The maximum absolute atomic E-state index is 5.11. The summed E-state index contributed by atoms with van der Waals surface area (Å²) in [6, 6.07) is 8.99. The molecule has 0 aromatic heterocycles. The van der Waals surface area contributed by atoms with Gasteiger partial charge in [-0.3, -0.25) is 0 Å². The van der Waals surface area contributed by atoms with E-state index in [1.165, 1.54) is 5.56 Å². The lowest BCUT2D eigenvalue weighted by Crippen LogP contribution is -1.94. The molecule has 0 saturated heterocycles. The molecule has 1 radical (unpaired) electrons. The van der Waals surface area contributed by atoms with Gasteiger partial charge in [-0.2, -0.15) is 0 Å². The van der Waals surface area contributed by atoms with Gasteiger partial charge in [-0.1, -0.05) is 19.9 Å². The SMILES string of the molecule is COc1c[c]cc(CC(C)C)c1. The average molecular weight is 163 g/mol. The second kappa shape index (κ2) is 4.15. The summed E-state index contributed by atoms with van der Waals surface area (Å²) in [5.74, 6) is 1.58. The van der Waals surface area contributed by atoms with E-state index >= 15 is 0 Å². The summed E-state index contributed by atoms with van der Waals surface area (Å²) < 4.78 is 5.11. The van der Waals surface area contributed by atoms with Crippen molar-refractivity contribution in [2.45, 2.75) is 20.3 Å². The molecule has 0 aliphatic carbocycles. The van der Waals surface area contributed by atoms with Crippen LogP contribution in [0.5, 0.6) is 5.75 Å². The number of benzene rings is 1. The van der Waals surface area contributed by atoms with Crippen LogP contribution in [0.15, 0.2) is 18.2 Å². The van der Waals surface area contributed by atoms with Gasteiger partial charge in [0.25, 0.3) is 0 Å². The van der Waals surface area contributed by atoms with Gasteiger partial charge in [-0.25, -0.2) is 0 Å². The van der Waals surface area contributed by atoms with E-state index < -0.39 is 0 Å². The summed E-state index contributed by atoms with van der Waals surface area (Å²) in [4.78, 5) is 0. The quantitative estimate of drug-likeness (QED) is 0.665. The molecule has 0 aliphatic heterocycles. The van der Waals surface area contributed by atoms with Gasteiger partial charge in [-0.05, 0) is 36.1 Å².